The highest BCUT2D eigenvalue weighted by atomic mass is 32.2. The molecule has 0 aliphatic heterocycles. The lowest BCUT2D eigenvalue weighted by Crippen LogP contribution is -2.41. The molecule has 158 valence electrons. The summed E-state index contributed by atoms with van der Waals surface area (Å²) in [6.45, 7) is 2.27. The molecule has 0 saturated carbocycles. The van der Waals surface area contributed by atoms with Crippen molar-refractivity contribution >= 4 is 21.6 Å². The van der Waals surface area contributed by atoms with E-state index in [2.05, 4.69) is 5.32 Å². The van der Waals surface area contributed by atoms with E-state index in [4.69, 9.17) is 14.2 Å². The van der Waals surface area contributed by atoms with Crippen LogP contribution >= 0.6 is 0 Å². The zero-order valence-corrected chi connectivity index (χ0v) is 17.6. The second kappa shape index (κ2) is 10.6. The molecule has 0 saturated heterocycles. The Labute approximate surface area is 171 Å². The summed E-state index contributed by atoms with van der Waals surface area (Å²) in [6.07, 6.45) is 1.05. The molecule has 29 heavy (non-hydrogen) atoms. The number of carbonyl (C=O) groups excluding carboxylic acids is 1. The Morgan fingerprint density at radius 1 is 1.07 bits per heavy atom. The largest absolute Gasteiger partial charge is 0.497 e. The molecule has 0 spiro atoms. The first-order valence-corrected chi connectivity index (χ1v) is 10.9. The summed E-state index contributed by atoms with van der Waals surface area (Å²) in [5.41, 5.74) is 0.319. The van der Waals surface area contributed by atoms with Gasteiger partial charge in [-0.1, -0.05) is 18.2 Å². The number of sulfonamides is 1. The number of ether oxygens (including phenoxy) is 3. The minimum Gasteiger partial charge on any atom is -0.497 e. The Hall–Kier alpha value is -2.94. The lowest BCUT2D eigenvalue weighted by Gasteiger charge is -2.24. The number of nitrogens with one attached hydrogen (secondary N) is 1. The van der Waals surface area contributed by atoms with E-state index in [9.17, 15) is 13.2 Å². The molecule has 1 N–H and O–H groups in total. The first-order valence-electron chi connectivity index (χ1n) is 9.08. The van der Waals surface area contributed by atoms with Crippen LogP contribution in [0.5, 0.6) is 17.2 Å². The van der Waals surface area contributed by atoms with E-state index in [1.165, 1.54) is 0 Å². The number of amides is 1. The molecule has 0 unspecified atom stereocenters. The molecule has 0 bridgehead atoms. The molecule has 0 aliphatic carbocycles. The quantitative estimate of drug-likeness (QED) is 0.557. The van der Waals surface area contributed by atoms with Crippen LogP contribution in [-0.4, -0.2) is 54.0 Å². The highest BCUT2D eigenvalue weighted by Crippen LogP contribution is 2.29. The van der Waals surface area contributed by atoms with Crippen LogP contribution in [0, 0.1) is 0 Å². The van der Waals surface area contributed by atoms with Gasteiger partial charge in [-0.3, -0.25) is 9.10 Å². The van der Waals surface area contributed by atoms with Crippen molar-refractivity contribution in [3.05, 3.63) is 48.5 Å². The van der Waals surface area contributed by atoms with Gasteiger partial charge in [-0.2, -0.15) is 0 Å². The zero-order chi connectivity index (χ0) is 21.3. The van der Waals surface area contributed by atoms with Gasteiger partial charge in [-0.05, 0) is 31.2 Å². The van der Waals surface area contributed by atoms with E-state index < -0.39 is 15.9 Å². The summed E-state index contributed by atoms with van der Waals surface area (Å²) < 4.78 is 41.7. The number of nitrogens with zero attached hydrogens (tertiary/aromatic N) is 1. The Balaban J connectivity index is 1.95. The molecule has 1 amide bonds. The Kier molecular flexibility index (Phi) is 8.14. The van der Waals surface area contributed by atoms with Crippen LogP contribution in [-0.2, 0) is 14.8 Å². The SMILES string of the molecule is CCOc1ccccc1N(CC(=O)NCCOc1cccc(OC)c1)S(C)(=O)=O. The summed E-state index contributed by atoms with van der Waals surface area (Å²) in [6, 6.07) is 13.8. The summed E-state index contributed by atoms with van der Waals surface area (Å²) >= 11 is 0. The second-order valence-electron chi connectivity index (χ2n) is 6.05. The topological polar surface area (TPSA) is 94.2 Å². The summed E-state index contributed by atoms with van der Waals surface area (Å²) in [4.78, 5) is 12.3. The summed E-state index contributed by atoms with van der Waals surface area (Å²) in [5, 5.41) is 2.66. The van der Waals surface area contributed by atoms with Crippen LogP contribution in [0.15, 0.2) is 48.5 Å². The van der Waals surface area contributed by atoms with Crippen LogP contribution in [0.2, 0.25) is 0 Å². The van der Waals surface area contributed by atoms with Gasteiger partial charge >= 0.3 is 0 Å². The Morgan fingerprint density at radius 3 is 2.48 bits per heavy atom. The van der Waals surface area contributed by atoms with Crippen molar-refractivity contribution in [2.75, 3.05) is 44.0 Å². The lowest BCUT2D eigenvalue weighted by molar-refractivity contribution is -0.119. The number of anilines is 1. The average molecular weight is 423 g/mol. The van der Waals surface area contributed by atoms with Gasteiger partial charge in [0.05, 0.1) is 32.2 Å². The highest BCUT2D eigenvalue weighted by Gasteiger charge is 2.23. The molecule has 9 heteroatoms. The Bertz CT molecular complexity index is 917. The van der Waals surface area contributed by atoms with Gasteiger partial charge in [0.25, 0.3) is 0 Å². The molecule has 2 rings (SSSR count). The van der Waals surface area contributed by atoms with E-state index in [0.717, 1.165) is 10.6 Å². The third kappa shape index (κ3) is 6.86. The van der Waals surface area contributed by atoms with E-state index in [1.807, 2.05) is 0 Å². The average Bonchev–Trinajstić information content (AvgIpc) is 2.69. The molecule has 2 aromatic carbocycles. The first-order chi connectivity index (χ1) is 13.8. The minimum atomic E-state index is -3.69. The van der Waals surface area contributed by atoms with Crippen molar-refractivity contribution in [3.63, 3.8) is 0 Å². The van der Waals surface area contributed by atoms with Crippen molar-refractivity contribution < 1.29 is 27.4 Å². The normalized spacial score (nSPS) is 10.9. The van der Waals surface area contributed by atoms with Crippen LogP contribution in [0.3, 0.4) is 0 Å². The van der Waals surface area contributed by atoms with Crippen molar-refractivity contribution in [1.82, 2.24) is 5.32 Å². The van der Waals surface area contributed by atoms with Crippen LogP contribution in [0.4, 0.5) is 5.69 Å². The molecule has 0 aromatic heterocycles. The van der Waals surface area contributed by atoms with E-state index >= 15 is 0 Å². The maximum atomic E-state index is 12.3. The van der Waals surface area contributed by atoms with Gasteiger partial charge in [0.1, 0.15) is 30.4 Å². The molecule has 0 aliphatic rings. The molecule has 0 fully saturated rings. The summed E-state index contributed by atoms with van der Waals surface area (Å²) in [5.74, 6) is 1.23. The molecule has 0 atom stereocenters. The number of carbonyl (C=O) groups is 1. The number of hydrogen-bond donors (Lipinski definition) is 1. The zero-order valence-electron chi connectivity index (χ0n) is 16.8. The Morgan fingerprint density at radius 2 is 1.79 bits per heavy atom. The standard InChI is InChI=1S/C20H26N2O6S/c1-4-27-19-11-6-5-10-18(19)22(29(3,24)25)15-20(23)21-12-13-28-17-9-7-8-16(14-17)26-2/h5-11,14H,4,12-13,15H2,1-3H3,(H,21,23). The van der Waals surface area contributed by atoms with Crippen LogP contribution < -0.4 is 23.8 Å². The highest BCUT2D eigenvalue weighted by molar-refractivity contribution is 7.92. The molecule has 0 heterocycles. The predicted molar refractivity (Wildman–Crippen MR) is 111 cm³/mol. The monoisotopic (exact) mass is 422 g/mol. The van der Waals surface area contributed by atoms with Crippen molar-refractivity contribution in [3.8, 4) is 17.2 Å². The first kappa shape index (κ1) is 22.4. The van der Waals surface area contributed by atoms with Gasteiger partial charge in [0.2, 0.25) is 15.9 Å². The number of para-hydroxylation sites is 2. The maximum Gasteiger partial charge on any atom is 0.240 e. The number of benzene rings is 2. The minimum absolute atomic E-state index is 0.223. The van der Waals surface area contributed by atoms with Gasteiger partial charge in [-0.15, -0.1) is 0 Å². The molecular weight excluding hydrogens is 396 g/mol. The second-order valence-corrected chi connectivity index (χ2v) is 7.95. The van der Waals surface area contributed by atoms with E-state index in [0.29, 0.717) is 29.5 Å². The van der Waals surface area contributed by atoms with Crippen molar-refractivity contribution in [1.29, 1.82) is 0 Å². The fraction of sp³-hybridized carbons (Fsp3) is 0.350. The van der Waals surface area contributed by atoms with Gasteiger partial charge in [0.15, 0.2) is 0 Å². The van der Waals surface area contributed by atoms with Crippen molar-refractivity contribution in [2.45, 2.75) is 6.92 Å². The number of hydrogen-bond acceptors (Lipinski definition) is 6. The third-order valence-corrected chi connectivity index (χ3v) is 4.98. The fourth-order valence-electron chi connectivity index (χ4n) is 2.56. The van der Waals surface area contributed by atoms with Gasteiger partial charge < -0.3 is 19.5 Å². The van der Waals surface area contributed by atoms with Crippen LogP contribution in [0.1, 0.15) is 6.92 Å². The van der Waals surface area contributed by atoms with E-state index in [-0.39, 0.29) is 19.7 Å². The van der Waals surface area contributed by atoms with E-state index in [1.54, 1.807) is 62.6 Å². The lowest BCUT2D eigenvalue weighted by atomic mass is 10.3. The van der Waals surface area contributed by atoms with Gasteiger partial charge in [-0.25, -0.2) is 8.42 Å². The fourth-order valence-corrected chi connectivity index (χ4v) is 3.42. The molecule has 8 nitrogen and oxygen atoms in total. The van der Waals surface area contributed by atoms with Crippen LogP contribution in [0.25, 0.3) is 0 Å². The molecule has 2 aromatic rings. The predicted octanol–water partition coefficient (Wildman–Crippen LogP) is 2.06. The maximum absolute atomic E-state index is 12.3. The molecular formula is C20H26N2O6S. The number of methoxy groups -OCH3 is 1. The number of rotatable bonds is 11. The van der Waals surface area contributed by atoms with Crippen molar-refractivity contribution in [2.24, 2.45) is 0 Å². The third-order valence-electron chi connectivity index (χ3n) is 3.86. The van der Waals surface area contributed by atoms with Gasteiger partial charge in [0, 0.05) is 6.07 Å². The summed E-state index contributed by atoms with van der Waals surface area (Å²) in [7, 11) is -2.12. The smallest absolute Gasteiger partial charge is 0.240 e. The molecule has 0 radical (unpaired) electrons.